The van der Waals surface area contributed by atoms with E-state index in [-0.39, 0.29) is 63.1 Å². The first-order valence-corrected chi connectivity index (χ1v) is 14.5. The molecule has 0 radical (unpaired) electrons. The van der Waals surface area contributed by atoms with Crippen LogP contribution < -0.4 is 5.32 Å². The van der Waals surface area contributed by atoms with Crippen molar-refractivity contribution < 1.29 is 64.2 Å². The van der Waals surface area contributed by atoms with E-state index in [1.54, 1.807) is 30.3 Å². The molecular weight excluding hydrogens is 624 g/mol. The number of rotatable bonds is 23. The highest BCUT2D eigenvalue weighted by Crippen LogP contribution is 2.23. The predicted molar refractivity (Wildman–Crippen MR) is 164 cm³/mol. The molecule has 0 aliphatic heterocycles. The minimum atomic E-state index is -1.30. The van der Waals surface area contributed by atoms with Crippen LogP contribution in [0.5, 0.6) is 0 Å². The number of aromatic carboxylic acids is 1. The summed E-state index contributed by atoms with van der Waals surface area (Å²) in [6.45, 7) is -3.10. The summed E-state index contributed by atoms with van der Waals surface area (Å²) < 4.78 is 0. The van der Waals surface area contributed by atoms with E-state index < -0.39 is 73.9 Å². The number of nitrogens with one attached hydrogen (secondary N) is 1. The third-order valence-corrected chi connectivity index (χ3v) is 7.14. The highest BCUT2D eigenvalue weighted by molar-refractivity contribution is 6.14. The van der Waals surface area contributed by atoms with Crippen molar-refractivity contribution in [2.45, 2.75) is 25.3 Å². The average Bonchev–Trinajstić information content (AvgIpc) is 2.97. The lowest BCUT2D eigenvalue weighted by molar-refractivity contribution is -0.146. The molecule has 2 rings (SSSR count). The summed E-state index contributed by atoms with van der Waals surface area (Å²) in [5, 5.41) is 60.1. The maximum absolute atomic E-state index is 13.0. The van der Waals surface area contributed by atoms with Crippen LogP contribution in [0.2, 0.25) is 0 Å². The Morgan fingerprint density at radius 2 is 1.15 bits per heavy atom. The summed E-state index contributed by atoms with van der Waals surface area (Å²) in [7, 11) is 0. The van der Waals surface area contributed by atoms with Gasteiger partial charge < -0.3 is 36.0 Å². The minimum absolute atomic E-state index is 0.00949. The molecule has 47 heavy (non-hydrogen) atoms. The number of carbonyl (C=O) groups excluding carboxylic acids is 1. The number of carboxylic acid groups (broad SMARTS) is 6. The summed E-state index contributed by atoms with van der Waals surface area (Å²) in [4.78, 5) is 85.7. The molecule has 17 heteroatoms. The standard InChI is InChI=1S/C30H38N4O13/c35-23(36)15-32(16-24(37)38)11-13-34(14-12-33(17-25(39)40)18-26(41)42)22(30(46)47)7-3-4-10-31-28(43)27-20-6-2-1-5-19(20)8-9-21(27)29(44)45/h1-2,5-6,8-9,22H,3-4,7,10-18H2,(H,31,43)(H,35,36)(H,37,38)(H,39,40)(H,41,42)(H,44,45)(H,46,47). The molecule has 0 saturated carbocycles. The number of hydrogen-bond acceptors (Lipinski definition) is 10. The lowest BCUT2D eigenvalue weighted by Gasteiger charge is -2.32. The second kappa shape index (κ2) is 18.7. The molecule has 7 N–H and O–H groups in total. The Hall–Kier alpha value is -5.13. The Balaban J connectivity index is 2.15. The number of fused-ring (bicyclic) bond motifs is 1. The van der Waals surface area contributed by atoms with Gasteiger partial charge in [-0.3, -0.25) is 43.5 Å². The number of nitrogens with zero attached hydrogens (tertiary/aromatic N) is 3. The van der Waals surface area contributed by atoms with Gasteiger partial charge in [0.25, 0.3) is 5.91 Å². The Bertz CT molecular complexity index is 1390. The van der Waals surface area contributed by atoms with Gasteiger partial charge in [-0.1, -0.05) is 30.3 Å². The van der Waals surface area contributed by atoms with Crippen LogP contribution in [0.4, 0.5) is 0 Å². The van der Waals surface area contributed by atoms with Crippen LogP contribution in [0.3, 0.4) is 0 Å². The van der Waals surface area contributed by atoms with Crippen molar-refractivity contribution >= 4 is 52.5 Å². The molecule has 0 spiro atoms. The van der Waals surface area contributed by atoms with Crippen molar-refractivity contribution in [1.29, 1.82) is 0 Å². The monoisotopic (exact) mass is 662 g/mol. The Morgan fingerprint density at radius 1 is 0.638 bits per heavy atom. The molecule has 0 heterocycles. The second-order valence-corrected chi connectivity index (χ2v) is 10.7. The van der Waals surface area contributed by atoms with E-state index in [2.05, 4.69) is 5.32 Å². The van der Waals surface area contributed by atoms with Gasteiger partial charge in [0.2, 0.25) is 0 Å². The molecule has 0 bridgehead atoms. The van der Waals surface area contributed by atoms with Crippen LogP contribution in [0.25, 0.3) is 10.8 Å². The SMILES string of the molecule is O=C(O)CN(CCN(CCN(CC(=O)O)CC(=O)O)C(CCCCNC(=O)c1c(C(=O)O)ccc2ccccc12)C(=O)O)CC(=O)O. The zero-order valence-electron chi connectivity index (χ0n) is 25.4. The van der Waals surface area contributed by atoms with E-state index >= 15 is 0 Å². The fourth-order valence-electron chi connectivity index (χ4n) is 5.07. The van der Waals surface area contributed by atoms with Gasteiger partial charge in [-0.25, -0.2) is 4.79 Å². The largest absolute Gasteiger partial charge is 0.480 e. The molecular formula is C30H38N4O13. The predicted octanol–water partition coefficient (Wildman–Crippen LogP) is 0.136. The highest BCUT2D eigenvalue weighted by atomic mass is 16.4. The highest BCUT2D eigenvalue weighted by Gasteiger charge is 2.28. The van der Waals surface area contributed by atoms with Crippen molar-refractivity contribution in [3.05, 3.63) is 47.5 Å². The van der Waals surface area contributed by atoms with Gasteiger partial charge in [0.1, 0.15) is 6.04 Å². The van der Waals surface area contributed by atoms with Gasteiger partial charge in [0.15, 0.2) is 0 Å². The molecule has 0 aromatic heterocycles. The molecule has 2 aromatic carbocycles. The number of hydrogen-bond donors (Lipinski definition) is 7. The quantitative estimate of drug-likeness (QED) is 0.0780. The van der Waals surface area contributed by atoms with Crippen molar-refractivity contribution in [2.75, 3.05) is 58.9 Å². The first-order chi connectivity index (χ1) is 22.2. The molecule has 0 fully saturated rings. The van der Waals surface area contributed by atoms with Crippen LogP contribution in [-0.2, 0) is 24.0 Å². The Labute approximate surface area is 268 Å². The fourth-order valence-corrected chi connectivity index (χ4v) is 5.07. The molecule has 0 aliphatic carbocycles. The van der Waals surface area contributed by atoms with Gasteiger partial charge >= 0.3 is 35.8 Å². The smallest absolute Gasteiger partial charge is 0.336 e. The summed E-state index contributed by atoms with van der Waals surface area (Å²) >= 11 is 0. The van der Waals surface area contributed by atoms with Crippen LogP contribution in [0.1, 0.15) is 40.0 Å². The van der Waals surface area contributed by atoms with Crippen LogP contribution in [0.15, 0.2) is 36.4 Å². The summed E-state index contributed by atoms with van der Waals surface area (Å²) in [5.41, 5.74) is -0.188. The number of benzene rings is 2. The molecule has 1 unspecified atom stereocenters. The zero-order chi connectivity index (χ0) is 35.1. The summed E-state index contributed by atoms with van der Waals surface area (Å²) in [6.07, 6.45) is 0.539. The third kappa shape index (κ3) is 13.0. The van der Waals surface area contributed by atoms with Crippen LogP contribution >= 0.6 is 0 Å². The number of amides is 1. The van der Waals surface area contributed by atoms with Crippen molar-refractivity contribution in [3.8, 4) is 0 Å². The second-order valence-electron chi connectivity index (χ2n) is 10.7. The molecule has 1 atom stereocenters. The molecule has 2 aromatic rings. The molecule has 0 saturated heterocycles. The molecule has 1 amide bonds. The number of carbonyl (C=O) groups is 7. The van der Waals surface area contributed by atoms with Crippen molar-refractivity contribution in [1.82, 2.24) is 20.0 Å². The van der Waals surface area contributed by atoms with E-state index in [0.717, 1.165) is 9.80 Å². The third-order valence-electron chi connectivity index (χ3n) is 7.14. The van der Waals surface area contributed by atoms with Crippen LogP contribution in [0, 0.1) is 0 Å². The minimum Gasteiger partial charge on any atom is -0.480 e. The van der Waals surface area contributed by atoms with E-state index in [1.165, 1.54) is 11.0 Å². The molecule has 0 aliphatic rings. The van der Waals surface area contributed by atoms with Crippen molar-refractivity contribution in [3.63, 3.8) is 0 Å². The maximum Gasteiger partial charge on any atom is 0.336 e. The normalized spacial score (nSPS) is 11.9. The number of carboxylic acids is 6. The lowest BCUT2D eigenvalue weighted by atomic mass is 9.98. The molecule has 17 nitrogen and oxygen atoms in total. The molecule has 256 valence electrons. The van der Waals surface area contributed by atoms with E-state index in [4.69, 9.17) is 20.4 Å². The number of aliphatic carboxylic acids is 5. The van der Waals surface area contributed by atoms with Gasteiger partial charge in [-0.2, -0.15) is 0 Å². The summed E-state index contributed by atoms with van der Waals surface area (Å²) in [5.74, 6) is -8.39. The van der Waals surface area contributed by atoms with Gasteiger partial charge in [-0.05, 0) is 36.1 Å². The zero-order valence-corrected chi connectivity index (χ0v) is 25.4. The maximum atomic E-state index is 13.0. The average molecular weight is 663 g/mol. The van der Waals surface area contributed by atoms with Gasteiger partial charge in [0.05, 0.1) is 37.3 Å². The fraction of sp³-hybridized carbons (Fsp3) is 0.433. The van der Waals surface area contributed by atoms with E-state index in [0.29, 0.717) is 10.8 Å². The Morgan fingerprint density at radius 3 is 1.62 bits per heavy atom. The first kappa shape index (κ1) is 38.1. The van der Waals surface area contributed by atoms with E-state index in [9.17, 15) is 43.8 Å². The number of unbranched alkanes of at least 4 members (excludes halogenated alkanes) is 1. The van der Waals surface area contributed by atoms with E-state index in [1.807, 2.05) is 0 Å². The van der Waals surface area contributed by atoms with Crippen molar-refractivity contribution in [2.24, 2.45) is 0 Å². The first-order valence-electron chi connectivity index (χ1n) is 14.5. The topological polar surface area (TPSA) is 263 Å². The van der Waals surface area contributed by atoms with Crippen LogP contribution in [-0.4, -0.2) is 152 Å². The van der Waals surface area contributed by atoms with Gasteiger partial charge in [-0.15, -0.1) is 0 Å². The Kier molecular flexibility index (Phi) is 15.2. The lowest BCUT2D eigenvalue weighted by Crippen LogP contribution is -2.50. The van der Waals surface area contributed by atoms with Gasteiger partial charge in [0, 0.05) is 32.7 Å². The summed E-state index contributed by atoms with van der Waals surface area (Å²) in [6, 6.07) is 8.51.